The summed E-state index contributed by atoms with van der Waals surface area (Å²) in [6.07, 6.45) is 11.3. The quantitative estimate of drug-likeness (QED) is 0.806. The standard InChI is InChI=1S/C16H20N2O2/c1-20-16(19)14-11-17-18-8-7-13(10-15(14)18)9-12-5-3-2-4-6-12/h7-8,10-12H,2-6,9H2,1H3. The molecule has 1 saturated carbocycles. The molecule has 0 atom stereocenters. The van der Waals surface area contributed by atoms with Crippen LogP contribution in [0.4, 0.5) is 0 Å². The summed E-state index contributed by atoms with van der Waals surface area (Å²) in [6.45, 7) is 0. The van der Waals surface area contributed by atoms with E-state index < -0.39 is 0 Å². The number of nitrogens with zero attached hydrogens (tertiary/aromatic N) is 2. The fraction of sp³-hybridized carbons (Fsp3) is 0.500. The van der Waals surface area contributed by atoms with Crippen LogP contribution in [0.3, 0.4) is 0 Å². The second-order valence-corrected chi connectivity index (χ2v) is 5.62. The van der Waals surface area contributed by atoms with Gasteiger partial charge in [0.2, 0.25) is 0 Å². The summed E-state index contributed by atoms with van der Waals surface area (Å²) in [7, 11) is 1.40. The van der Waals surface area contributed by atoms with Crippen molar-refractivity contribution in [3.05, 3.63) is 35.7 Å². The highest BCUT2D eigenvalue weighted by molar-refractivity contribution is 5.96. The third kappa shape index (κ3) is 2.55. The van der Waals surface area contributed by atoms with Gasteiger partial charge in [0.1, 0.15) is 5.56 Å². The summed E-state index contributed by atoms with van der Waals surface area (Å²) < 4.78 is 6.53. The predicted octanol–water partition coefficient (Wildman–Crippen LogP) is 3.24. The Bertz CT molecular complexity index is 612. The Hall–Kier alpha value is -1.84. The van der Waals surface area contributed by atoms with E-state index in [1.54, 1.807) is 10.7 Å². The molecule has 106 valence electrons. The fourth-order valence-corrected chi connectivity index (χ4v) is 3.14. The van der Waals surface area contributed by atoms with E-state index in [0.717, 1.165) is 17.9 Å². The average Bonchev–Trinajstić information content (AvgIpc) is 2.91. The third-order valence-electron chi connectivity index (χ3n) is 4.24. The minimum Gasteiger partial charge on any atom is -0.465 e. The van der Waals surface area contributed by atoms with Gasteiger partial charge < -0.3 is 4.74 Å². The van der Waals surface area contributed by atoms with Gasteiger partial charge in [0, 0.05) is 6.20 Å². The van der Waals surface area contributed by atoms with E-state index in [-0.39, 0.29) is 5.97 Å². The second-order valence-electron chi connectivity index (χ2n) is 5.62. The number of rotatable bonds is 3. The maximum absolute atomic E-state index is 11.7. The molecule has 0 amide bonds. The monoisotopic (exact) mass is 272 g/mol. The number of carbonyl (C=O) groups is 1. The van der Waals surface area contributed by atoms with Crippen LogP contribution in [0.5, 0.6) is 0 Å². The van der Waals surface area contributed by atoms with Crippen molar-refractivity contribution in [3.63, 3.8) is 0 Å². The van der Waals surface area contributed by atoms with Gasteiger partial charge in [-0.2, -0.15) is 5.10 Å². The lowest BCUT2D eigenvalue weighted by Gasteiger charge is -2.21. The molecule has 0 bridgehead atoms. The van der Waals surface area contributed by atoms with Crippen LogP contribution in [-0.4, -0.2) is 22.7 Å². The molecule has 0 unspecified atom stereocenters. The minimum atomic E-state index is -0.324. The van der Waals surface area contributed by atoms with Crippen LogP contribution in [0, 0.1) is 5.92 Å². The normalized spacial score (nSPS) is 16.4. The van der Waals surface area contributed by atoms with Crippen LogP contribution >= 0.6 is 0 Å². The van der Waals surface area contributed by atoms with Crippen LogP contribution in [0.2, 0.25) is 0 Å². The third-order valence-corrected chi connectivity index (χ3v) is 4.24. The molecule has 0 aliphatic heterocycles. The molecule has 0 saturated heterocycles. The lowest BCUT2D eigenvalue weighted by atomic mass is 9.85. The highest BCUT2D eigenvalue weighted by Gasteiger charge is 2.16. The SMILES string of the molecule is COC(=O)c1cnn2ccc(CC3CCCCC3)cc12. The van der Waals surface area contributed by atoms with Crippen molar-refractivity contribution < 1.29 is 9.53 Å². The van der Waals surface area contributed by atoms with Gasteiger partial charge in [0.15, 0.2) is 0 Å². The van der Waals surface area contributed by atoms with Gasteiger partial charge in [-0.1, -0.05) is 32.1 Å². The summed E-state index contributed by atoms with van der Waals surface area (Å²) in [5, 5.41) is 4.19. The predicted molar refractivity (Wildman–Crippen MR) is 76.8 cm³/mol. The maximum Gasteiger partial charge on any atom is 0.341 e. The molecule has 0 radical (unpaired) electrons. The first-order chi connectivity index (χ1) is 9.78. The Labute approximate surface area is 118 Å². The number of carbonyl (C=O) groups excluding carboxylic acids is 1. The molecule has 0 spiro atoms. The van der Waals surface area contributed by atoms with Crippen molar-refractivity contribution in [1.29, 1.82) is 0 Å². The van der Waals surface area contributed by atoms with Crippen molar-refractivity contribution >= 4 is 11.5 Å². The number of aromatic nitrogens is 2. The van der Waals surface area contributed by atoms with E-state index >= 15 is 0 Å². The summed E-state index contributed by atoms with van der Waals surface area (Å²) in [5.41, 5.74) is 2.67. The summed E-state index contributed by atoms with van der Waals surface area (Å²) in [4.78, 5) is 11.7. The first kappa shape index (κ1) is 13.2. The number of esters is 1. The molecule has 0 aromatic carbocycles. The zero-order chi connectivity index (χ0) is 13.9. The topological polar surface area (TPSA) is 43.6 Å². The molecule has 0 N–H and O–H groups in total. The number of ether oxygens (including phenoxy) is 1. The zero-order valence-electron chi connectivity index (χ0n) is 11.8. The molecule has 2 heterocycles. The molecule has 20 heavy (non-hydrogen) atoms. The summed E-state index contributed by atoms with van der Waals surface area (Å²) >= 11 is 0. The summed E-state index contributed by atoms with van der Waals surface area (Å²) in [6, 6.07) is 4.18. The number of pyridine rings is 1. The maximum atomic E-state index is 11.7. The van der Waals surface area contributed by atoms with Gasteiger partial charge in [-0.15, -0.1) is 0 Å². The van der Waals surface area contributed by atoms with Crippen LogP contribution in [-0.2, 0) is 11.2 Å². The number of hydrogen-bond acceptors (Lipinski definition) is 3. The van der Waals surface area contributed by atoms with E-state index in [4.69, 9.17) is 4.74 Å². The Morgan fingerprint density at radius 3 is 2.95 bits per heavy atom. The molecule has 4 heteroatoms. The molecule has 3 rings (SSSR count). The van der Waals surface area contributed by atoms with E-state index in [0.29, 0.717) is 5.56 Å². The van der Waals surface area contributed by atoms with E-state index in [1.807, 2.05) is 6.20 Å². The summed E-state index contributed by atoms with van der Waals surface area (Å²) in [5.74, 6) is 0.463. The molecular weight excluding hydrogens is 252 g/mol. The largest absolute Gasteiger partial charge is 0.465 e. The Balaban J connectivity index is 1.86. The van der Waals surface area contributed by atoms with Crippen molar-refractivity contribution in [1.82, 2.24) is 9.61 Å². The molecule has 1 aliphatic rings. The zero-order valence-corrected chi connectivity index (χ0v) is 11.8. The highest BCUT2D eigenvalue weighted by atomic mass is 16.5. The first-order valence-corrected chi connectivity index (χ1v) is 7.32. The second kappa shape index (κ2) is 5.65. The van der Waals surface area contributed by atoms with Gasteiger partial charge in [-0.25, -0.2) is 9.31 Å². The fourth-order valence-electron chi connectivity index (χ4n) is 3.14. The molecular formula is C16H20N2O2. The Morgan fingerprint density at radius 1 is 1.40 bits per heavy atom. The van der Waals surface area contributed by atoms with E-state index in [1.165, 1.54) is 44.8 Å². The van der Waals surface area contributed by atoms with Crippen molar-refractivity contribution in [2.24, 2.45) is 5.92 Å². The van der Waals surface area contributed by atoms with Gasteiger partial charge in [-0.3, -0.25) is 0 Å². The number of methoxy groups -OCH3 is 1. The average molecular weight is 272 g/mol. The molecule has 1 fully saturated rings. The van der Waals surface area contributed by atoms with Crippen LogP contribution in [0.25, 0.3) is 5.52 Å². The highest BCUT2D eigenvalue weighted by Crippen LogP contribution is 2.27. The Kier molecular flexibility index (Phi) is 3.72. The van der Waals surface area contributed by atoms with Gasteiger partial charge in [0.25, 0.3) is 0 Å². The van der Waals surface area contributed by atoms with Crippen molar-refractivity contribution in [2.45, 2.75) is 38.5 Å². The smallest absolute Gasteiger partial charge is 0.341 e. The van der Waals surface area contributed by atoms with Gasteiger partial charge in [-0.05, 0) is 30.0 Å². The molecule has 1 aliphatic carbocycles. The van der Waals surface area contributed by atoms with Gasteiger partial charge in [0.05, 0.1) is 18.8 Å². The van der Waals surface area contributed by atoms with E-state index in [9.17, 15) is 4.79 Å². The molecule has 4 nitrogen and oxygen atoms in total. The van der Waals surface area contributed by atoms with Crippen molar-refractivity contribution in [2.75, 3.05) is 7.11 Å². The molecule has 2 aromatic rings. The number of hydrogen-bond donors (Lipinski definition) is 0. The van der Waals surface area contributed by atoms with Crippen LogP contribution in [0.1, 0.15) is 48.0 Å². The number of fused-ring (bicyclic) bond motifs is 1. The Morgan fingerprint density at radius 2 is 2.20 bits per heavy atom. The molecule has 2 aromatic heterocycles. The van der Waals surface area contributed by atoms with Gasteiger partial charge >= 0.3 is 5.97 Å². The van der Waals surface area contributed by atoms with Crippen molar-refractivity contribution in [3.8, 4) is 0 Å². The lowest BCUT2D eigenvalue weighted by Crippen LogP contribution is -2.09. The first-order valence-electron chi connectivity index (χ1n) is 7.32. The van der Waals surface area contributed by atoms with Crippen LogP contribution in [0.15, 0.2) is 24.5 Å². The lowest BCUT2D eigenvalue weighted by molar-refractivity contribution is 0.0603. The minimum absolute atomic E-state index is 0.324. The van der Waals surface area contributed by atoms with Crippen LogP contribution < -0.4 is 0 Å². The van der Waals surface area contributed by atoms with E-state index in [2.05, 4.69) is 17.2 Å².